The molecule has 2 aromatic carbocycles. The predicted molar refractivity (Wildman–Crippen MR) is 148 cm³/mol. The minimum atomic E-state index is -4.63. The Hall–Kier alpha value is -3.78. The number of carbonyl (C=O) groups excluding carboxylic acids is 2. The average molecular weight is 602 g/mol. The van der Waals surface area contributed by atoms with E-state index in [0.29, 0.717) is 10.1 Å². The van der Waals surface area contributed by atoms with E-state index in [2.05, 4.69) is 9.97 Å². The number of carbonyl (C=O) groups is 2. The van der Waals surface area contributed by atoms with Crippen molar-refractivity contribution in [3.63, 3.8) is 0 Å². The van der Waals surface area contributed by atoms with Gasteiger partial charge in [0.15, 0.2) is 5.54 Å². The van der Waals surface area contributed by atoms with Gasteiger partial charge in [-0.2, -0.15) is 0 Å². The number of amides is 2. The van der Waals surface area contributed by atoms with Crippen molar-refractivity contribution in [2.75, 3.05) is 39.2 Å². The van der Waals surface area contributed by atoms with Crippen LogP contribution in [0.1, 0.15) is 17.7 Å². The minimum absolute atomic E-state index is 0.0142. The number of β-amino-alcohol motifs (C(OH)–C–C–N with tert-alkyl or cyclic N) is 1. The number of aliphatic hydroxyl groups is 1. The monoisotopic (exact) mass is 601 g/mol. The number of sulfonamides is 1. The molecule has 3 atom stereocenters. The number of likely N-dealkylation sites (tertiary alicyclic amines) is 1. The molecular formula is C27H28ClN5O7S. The number of nitrogens with zero attached hydrogens (tertiary/aromatic N) is 5. The maximum absolute atomic E-state index is 14.9. The molecule has 1 N–H and O–H groups in total. The van der Waals surface area contributed by atoms with Gasteiger partial charge in [-0.1, -0.05) is 11.6 Å². The molecule has 1 fully saturated rings. The first-order valence-corrected chi connectivity index (χ1v) is 14.3. The molecular weight excluding hydrogens is 574 g/mol. The molecule has 216 valence electrons. The van der Waals surface area contributed by atoms with Gasteiger partial charge < -0.3 is 19.5 Å². The summed E-state index contributed by atoms with van der Waals surface area (Å²) >= 11 is 6.44. The van der Waals surface area contributed by atoms with E-state index in [1.54, 1.807) is 14.1 Å². The van der Waals surface area contributed by atoms with Gasteiger partial charge in [-0.3, -0.25) is 24.5 Å². The molecule has 2 aliphatic heterocycles. The summed E-state index contributed by atoms with van der Waals surface area (Å²) in [7, 11) is 1.23. The number of hydrogen-bond donors (Lipinski definition) is 1. The lowest BCUT2D eigenvalue weighted by molar-refractivity contribution is -0.138. The van der Waals surface area contributed by atoms with Gasteiger partial charge in [0.05, 0.1) is 43.9 Å². The van der Waals surface area contributed by atoms with Crippen molar-refractivity contribution in [3.05, 3.63) is 71.3 Å². The van der Waals surface area contributed by atoms with Crippen LogP contribution in [0.2, 0.25) is 5.02 Å². The zero-order valence-corrected chi connectivity index (χ0v) is 24.3. The quantitative estimate of drug-likeness (QED) is 0.425. The molecule has 0 bridgehead atoms. The second-order valence-electron chi connectivity index (χ2n) is 9.84. The van der Waals surface area contributed by atoms with E-state index < -0.39 is 33.6 Å². The van der Waals surface area contributed by atoms with Crippen molar-refractivity contribution in [2.45, 2.75) is 29.0 Å². The Morgan fingerprint density at radius 2 is 1.90 bits per heavy atom. The summed E-state index contributed by atoms with van der Waals surface area (Å²) in [6, 6.07) is 7.51. The zero-order chi connectivity index (χ0) is 29.7. The SMILES string of the molecule is COc1ccc(S(=O)(=O)N2C(=O)C(c3cnccn3)(N3C[C@H](O)C[C@H]3C(=O)N(C)C)c3cc(Cl)ccc32)c(OC)c1. The molecule has 14 heteroatoms. The van der Waals surface area contributed by atoms with Crippen molar-refractivity contribution in [2.24, 2.45) is 0 Å². The number of halogens is 1. The maximum Gasteiger partial charge on any atom is 0.274 e. The van der Waals surface area contributed by atoms with Crippen LogP contribution in [0.15, 0.2) is 59.9 Å². The largest absolute Gasteiger partial charge is 0.497 e. The van der Waals surface area contributed by atoms with Crippen LogP contribution in [0.3, 0.4) is 0 Å². The number of ether oxygens (including phenoxy) is 2. The normalized spacial score (nSPS) is 22.5. The molecule has 1 saturated heterocycles. The molecule has 3 heterocycles. The zero-order valence-electron chi connectivity index (χ0n) is 22.7. The summed E-state index contributed by atoms with van der Waals surface area (Å²) in [6.45, 7) is -0.127. The topological polar surface area (TPSA) is 142 Å². The molecule has 0 spiro atoms. The Kier molecular flexibility index (Phi) is 7.40. The van der Waals surface area contributed by atoms with Crippen molar-refractivity contribution in [1.29, 1.82) is 0 Å². The highest BCUT2D eigenvalue weighted by Crippen LogP contribution is 2.53. The van der Waals surface area contributed by atoms with E-state index in [1.165, 1.54) is 79.0 Å². The van der Waals surface area contributed by atoms with Gasteiger partial charge in [-0.25, -0.2) is 12.7 Å². The van der Waals surface area contributed by atoms with Crippen molar-refractivity contribution >= 4 is 39.1 Å². The summed E-state index contributed by atoms with van der Waals surface area (Å²) in [5.41, 5.74) is -1.72. The van der Waals surface area contributed by atoms with Crippen LogP contribution < -0.4 is 13.8 Å². The Morgan fingerprint density at radius 3 is 2.54 bits per heavy atom. The summed E-state index contributed by atoms with van der Waals surface area (Å²) in [5, 5.41) is 11.0. The van der Waals surface area contributed by atoms with Crippen LogP contribution in [0, 0.1) is 0 Å². The lowest BCUT2D eigenvalue weighted by atomic mass is 9.85. The van der Waals surface area contributed by atoms with Crippen LogP contribution in [-0.2, 0) is 25.2 Å². The van der Waals surface area contributed by atoms with Gasteiger partial charge in [0.25, 0.3) is 15.9 Å². The first-order valence-electron chi connectivity index (χ1n) is 12.5. The van der Waals surface area contributed by atoms with Gasteiger partial charge in [0.1, 0.15) is 16.4 Å². The standard InChI is InChI=1S/C27H28ClN5O7S/c1-31(2)25(35)21-12-17(34)15-32(21)27(24-14-29-9-10-30-24)19-11-16(28)5-7-20(19)33(26(27)36)41(37,38)23-8-6-18(39-3)13-22(23)40-4/h5-11,13-14,17,21,34H,12,15H2,1-4H3/t17-,21+,27?/m1/s1. The Balaban J connectivity index is 1.82. The molecule has 41 heavy (non-hydrogen) atoms. The average Bonchev–Trinajstić information content (AvgIpc) is 3.47. The molecule has 0 aliphatic carbocycles. The highest BCUT2D eigenvalue weighted by molar-refractivity contribution is 7.93. The maximum atomic E-state index is 14.9. The van der Waals surface area contributed by atoms with Crippen LogP contribution in [0.25, 0.3) is 0 Å². The van der Waals surface area contributed by atoms with E-state index >= 15 is 0 Å². The second kappa shape index (κ2) is 10.6. The number of methoxy groups -OCH3 is 2. The van der Waals surface area contributed by atoms with Gasteiger partial charge >= 0.3 is 0 Å². The van der Waals surface area contributed by atoms with Gasteiger partial charge in [0.2, 0.25) is 5.91 Å². The van der Waals surface area contributed by atoms with E-state index in [-0.39, 0.29) is 51.5 Å². The molecule has 5 rings (SSSR count). The third-order valence-corrected chi connectivity index (χ3v) is 9.29. The Labute approximate surface area is 242 Å². The Bertz CT molecular complexity index is 1620. The van der Waals surface area contributed by atoms with E-state index in [4.69, 9.17) is 21.1 Å². The first-order chi connectivity index (χ1) is 19.5. The Morgan fingerprint density at radius 1 is 1.15 bits per heavy atom. The van der Waals surface area contributed by atoms with Crippen molar-refractivity contribution in [1.82, 2.24) is 19.8 Å². The molecule has 3 aromatic rings. The fourth-order valence-electron chi connectivity index (χ4n) is 5.55. The minimum Gasteiger partial charge on any atom is -0.497 e. The lowest BCUT2D eigenvalue weighted by Crippen LogP contribution is -2.59. The number of benzene rings is 2. The highest BCUT2D eigenvalue weighted by Gasteiger charge is 2.64. The number of anilines is 1. The van der Waals surface area contributed by atoms with E-state index in [0.717, 1.165) is 0 Å². The molecule has 1 unspecified atom stereocenters. The van der Waals surface area contributed by atoms with Gasteiger partial charge in [-0.15, -0.1) is 0 Å². The number of fused-ring (bicyclic) bond motifs is 1. The molecule has 12 nitrogen and oxygen atoms in total. The van der Waals surface area contributed by atoms with E-state index in [1.807, 2.05) is 0 Å². The predicted octanol–water partition coefficient (Wildman–Crippen LogP) is 1.65. The molecule has 2 amide bonds. The fraction of sp³-hybridized carbons (Fsp3) is 0.333. The van der Waals surface area contributed by atoms with Crippen LogP contribution in [0.4, 0.5) is 5.69 Å². The lowest BCUT2D eigenvalue weighted by Gasteiger charge is -2.40. The number of aromatic nitrogens is 2. The third-order valence-electron chi connectivity index (χ3n) is 7.32. The number of aliphatic hydroxyl groups excluding tert-OH is 1. The second-order valence-corrected chi connectivity index (χ2v) is 12.0. The third kappa shape index (κ3) is 4.40. The first kappa shape index (κ1) is 28.7. The summed E-state index contributed by atoms with van der Waals surface area (Å²) in [4.78, 5) is 39.5. The number of hydrogen-bond acceptors (Lipinski definition) is 10. The molecule has 0 radical (unpaired) electrons. The number of rotatable bonds is 7. The molecule has 2 aliphatic rings. The summed E-state index contributed by atoms with van der Waals surface area (Å²) < 4.78 is 40.0. The van der Waals surface area contributed by atoms with Gasteiger partial charge in [-0.05, 0) is 36.8 Å². The summed E-state index contributed by atoms with van der Waals surface area (Å²) in [6.07, 6.45) is 3.15. The van der Waals surface area contributed by atoms with Crippen LogP contribution in [-0.4, -0.2) is 92.1 Å². The van der Waals surface area contributed by atoms with Crippen molar-refractivity contribution < 1.29 is 32.6 Å². The van der Waals surface area contributed by atoms with Gasteiger partial charge in [0, 0.05) is 49.7 Å². The molecule has 0 saturated carbocycles. The van der Waals surface area contributed by atoms with Crippen molar-refractivity contribution in [3.8, 4) is 11.5 Å². The highest BCUT2D eigenvalue weighted by atomic mass is 35.5. The molecule has 1 aromatic heterocycles. The number of likely N-dealkylation sites (N-methyl/N-ethyl adjacent to an activating group) is 1. The van der Waals surface area contributed by atoms with E-state index in [9.17, 15) is 23.1 Å². The van der Waals surface area contributed by atoms with Crippen LogP contribution in [0.5, 0.6) is 11.5 Å². The summed E-state index contributed by atoms with van der Waals surface area (Å²) in [5.74, 6) is -0.995. The van der Waals surface area contributed by atoms with Crippen LogP contribution >= 0.6 is 11.6 Å². The smallest absolute Gasteiger partial charge is 0.274 e. The fourth-order valence-corrected chi connectivity index (χ4v) is 7.32.